The van der Waals surface area contributed by atoms with Gasteiger partial charge in [0.1, 0.15) is 6.54 Å². The molecule has 0 aromatic carbocycles. The molecule has 1 aliphatic carbocycles. The zero-order valence-electron chi connectivity index (χ0n) is 12.2. The monoisotopic (exact) mass is 283 g/mol. The van der Waals surface area contributed by atoms with E-state index in [1.165, 1.54) is 4.90 Å². The van der Waals surface area contributed by atoms with E-state index < -0.39 is 5.97 Å². The second kappa shape index (κ2) is 6.92. The predicted molar refractivity (Wildman–Crippen MR) is 75.6 cm³/mol. The summed E-state index contributed by atoms with van der Waals surface area (Å²) in [6, 6.07) is 0.112. The molecule has 20 heavy (non-hydrogen) atoms. The number of nitrogens with zero attached hydrogens (tertiary/aromatic N) is 2. The van der Waals surface area contributed by atoms with E-state index in [1.54, 1.807) is 0 Å². The average Bonchev–Trinajstić information content (AvgIpc) is 3.22. The Balaban J connectivity index is 1.77. The lowest BCUT2D eigenvalue weighted by Gasteiger charge is -2.33. The van der Waals surface area contributed by atoms with E-state index in [9.17, 15) is 9.59 Å². The summed E-state index contributed by atoms with van der Waals surface area (Å²) in [6.45, 7) is 5.13. The lowest BCUT2D eigenvalue weighted by Crippen LogP contribution is -2.51. The van der Waals surface area contributed by atoms with Crippen LogP contribution in [0.5, 0.6) is 0 Å². The minimum absolute atomic E-state index is 0.131. The van der Waals surface area contributed by atoms with Crippen LogP contribution in [0.1, 0.15) is 39.0 Å². The van der Waals surface area contributed by atoms with Crippen molar-refractivity contribution in [2.24, 2.45) is 0 Å². The van der Waals surface area contributed by atoms with Crippen molar-refractivity contribution in [3.05, 3.63) is 0 Å². The Hall–Kier alpha value is -1.30. The van der Waals surface area contributed by atoms with E-state index in [2.05, 4.69) is 17.1 Å². The van der Waals surface area contributed by atoms with E-state index in [1.807, 2.05) is 0 Å². The number of likely N-dealkylation sites (tertiary alicyclic amines) is 1. The van der Waals surface area contributed by atoms with Crippen LogP contribution >= 0.6 is 0 Å². The summed E-state index contributed by atoms with van der Waals surface area (Å²) >= 11 is 0. The highest BCUT2D eigenvalue weighted by atomic mass is 16.4. The van der Waals surface area contributed by atoms with Gasteiger partial charge in [0.05, 0.1) is 0 Å². The SMILES string of the molecule is CCCN1CCC(NC(=O)N(CC(=O)O)C2CC2)CC1. The predicted octanol–water partition coefficient (Wildman–Crippen LogP) is 1.12. The maximum Gasteiger partial charge on any atom is 0.323 e. The molecule has 1 saturated heterocycles. The molecule has 0 aromatic rings. The molecule has 0 spiro atoms. The van der Waals surface area contributed by atoms with Gasteiger partial charge in [0.15, 0.2) is 0 Å². The van der Waals surface area contributed by atoms with Gasteiger partial charge in [-0.05, 0) is 38.6 Å². The topological polar surface area (TPSA) is 72.9 Å². The molecule has 1 heterocycles. The zero-order chi connectivity index (χ0) is 14.5. The van der Waals surface area contributed by atoms with Gasteiger partial charge >= 0.3 is 12.0 Å². The van der Waals surface area contributed by atoms with Gasteiger partial charge in [-0.25, -0.2) is 4.79 Å². The number of amides is 2. The zero-order valence-corrected chi connectivity index (χ0v) is 12.2. The second-order valence-corrected chi connectivity index (χ2v) is 5.82. The number of hydrogen-bond acceptors (Lipinski definition) is 3. The Morgan fingerprint density at radius 2 is 1.90 bits per heavy atom. The third kappa shape index (κ3) is 4.37. The number of carboxylic acid groups (broad SMARTS) is 1. The smallest absolute Gasteiger partial charge is 0.323 e. The normalized spacial score (nSPS) is 20.6. The fraction of sp³-hybridized carbons (Fsp3) is 0.857. The number of hydrogen-bond donors (Lipinski definition) is 2. The number of urea groups is 1. The summed E-state index contributed by atoms with van der Waals surface area (Å²) in [4.78, 5) is 26.9. The van der Waals surface area contributed by atoms with Crippen LogP contribution < -0.4 is 5.32 Å². The minimum atomic E-state index is -0.940. The fourth-order valence-corrected chi connectivity index (χ4v) is 2.77. The average molecular weight is 283 g/mol. The number of rotatable bonds is 6. The molecular weight excluding hydrogens is 258 g/mol. The van der Waals surface area contributed by atoms with Crippen molar-refractivity contribution < 1.29 is 14.7 Å². The fourth-order valence-electron chi connectivity index (χ4n) is 2.77. The van der Waals surface area contributed by atoms with Gasteiger partial charge < -0.3 is 20.2 Å². The first kappa shape index (κ1) is 15.1. The number of carboxylic acids is 1. The highest BCUT2D eigenvalue weighted by Gasteiger charge is 2.34. The van der Waals surface area contributed by atoms with Crippen molar-refractivity contribution in [1.29, 1.82) is 0 Å². The summed E-state index contributed by atoms with van der Waals surface area (Å²) < 4.78 is 0. The summed E-state index contributed by atoms with van der Waals surface area (Å²) in [5.41, 5.74) is 0. The number of piperidine rings is 1. The summed E-state index contributed by atoms with van der Waals surface area (Å²) in [7, 11) is 0. The lowest BCUT2D eigenvalue weighted by molar-refractivity contribution is -0.137. The molecule has 2 N–H and O–H groups in total. The lowest BCUT2D eigenvalue weighted by atomic mass is 10.1. The van der Waals surface area contributed by atoms with Gasteiger partial charge in [-0.15, -0.1) is 0 Å². The number of aliphatic carboxylic acids is 1. The van der Waals surface area contributed by atoms with E-state index >= 15 is 0 Å². The van der Waals surface area contributed by atoms with Gasteiger partial charge in [-0.1, -0.05) is 6.92 Å². The first-order chi connectivity index (χ1) is 9.60. The van der Waals surface area contributed by atoms with Gasteiger partial charge in [0.2, 0.25) is 0 Å². The Morgan fingerprint density at radius 1 is 1.25 bits per heavy atom. The van der Waals surface area contributed by atoms with Gasteiger partial charge in [0.25, 0.3) is 0 Å². The van der Waals surface area contributed by atoms with Crippen LogP contribution in [0.2, 0.25) is 0 Å². The van der Waals surface area contributed by atoms with Crippen LogP contribution in [-0.2, 0) is 4.79 Å². The van der Waals surface area contributed by atoms with Crippen molar-refractivity contribution in [3.63, 3.8) is 0 Å². The van der Waals surface area contributed by atoms with E-state index in [4.69, 9.17) is 5.11 Å². The third-order valence-corrected chi connectivity index (χ3v) is 4.01. The highest BCUT2D eigenvalue weighted by molar-refractivity contribution is 5.80. The molecule has 1 aliphatic heterocycles. The van der Waals surface area contributed by atoms with Crippen molar-refractivity contribution in [2.75, 3.05) is 26.2 Å². The molecule has 6 heteroatoms. The quantitative estimate of drug-likeness (QED) is 0.766. The van der Waals surface area contributed by atoms with E-state index in [0.717, 1.165) is 51.7 Å². The van der Waals surface area contributed by atoms with Gasteiger partial charge in [-0.2, -0.15) is 0 Å². The largest absolute Gasteiger partial charge is 0.480 e. The molecule has 0 radical (unpaired) electrons. The summed E-state index contributed by atoms with van der Waals surface area (Å²) in [5.74, 6) is -0.940. The molecule has 2 aliphatic rings. The van der Waals surface area contributed by atoms with Crippen LogP contribution in [0.4, 0.5) is 4.79 Å². The standard InChI is InChI=1S/C14H25N3O3/c1-2-7-16-8-5-11(6-9-16)15-14(20)17(10-13(18)19)12-3-4-12/h11-12H,2-10H2,1H3,(H,15,20)(H,18,19). The molecule has 0 aromatic heterocycles. The molecule has 6 nitrogen and oxygen atoms in total. The number of carbonyl (C=O) groups excluding carboxylic acids is 1. The maximum atomic E-state index is 12.2. The number of carbonyl (C=O) groups is 2. The molecule has 1 saturated carbocycles. The van der Waals surface area contributed by atoms with Crippen molar-refractivity contribution >= 4 is 12.0 Å². The molecule has 0 atom stereocenters. The van der Waals surface area contributed by atoms with Crippen LogP contribution in [0.25, 0.3) is 0 Å². The van der Waals surface area contributed by atoms with Crippen LogP contribution in [0.3, 0.4) is 0 Å². The first-order valence-electron chi connectivity index (χ1n) is 7.61. The van der Waals surface area contributed by atoms with Crippen molar-refractivity contribution in [3.8, 4) is 0 Å². The van der Waals surface area contributed by atoms with Crippen LogP contribution in [0.15, 0.2) is 0 Å². The Labute approximate surface area is 120 Å². The van der Waals surface area contributed by atoms with Crippen molar-refractivity contribution in [1.82, 2.24) is 15.1 Å². The molecule has 0 bridgehead atoms. The minimum Gasteiger partial charge on any atom is -0.480 e. The highest BCUT2D eigenvalue weighted by Crippen LogP contribution is 2.26. The van der Waals surface area contributed by atoms with Crippen molar-refractivity contribution in [2.45, 2.75) is 51.1 Å². The molecule has 114 valence electrons. The van der Waals surface area contributed by atoms with Crippen LogP contribution in [0, 0.1) is 0 Å². The second-order valence-electron chi connectivity index (χ2n) is 5.82. The number of nitrogens with one attached hydrogen (secondary N) is 1. The summed E-state index contributed by atoms with van der Waals surface area (Å²) in [6.07, 6.45) is 4.92. The van der Waals surface area contributed by atoms with Crippen LogP contribution in [-0.4, -0.2) is 65.2 Å². The first-order valence-corrected chi connectivity index (χ1v) is 7.61. The van der Waals surface area contributed by atoms with Gasteiger partial charge in [-0.3, -0.25) is 4.79 Å². The third-order valence-electron chi connectivity index (χ3n) is 4.01. The Bertz CT molecular complexity index is 350. The summed E-state index contributed by atoms with van der Waals surface area (Å²) in [5, 5.41) is 11.9. The maximum absolute atomic E-state index is 12.2. The Kier molecular flexibility index (Phi) is 5.23. The molecule has 2 fully saturated rings. The Morgan fingerprint density at radius 3 is 2.40 bits per heavy atom. The molecule has 2 rings (SSSR count). The molecular formula is C14H25N3O3. The van der Waals surface area contributed by atoms with Gasteiger partial charge in [0, 0.05) is 25.2 Å². The molecule has 2 amide bonds. The van der Waals surface area contributed by atoms with E-state index in [-0.39, 0.29) is 24.7 Å². The molecule has 0 unspecified atom stereocenters. The van der Waals surface area contributed by atoms with E-state index in [0.29, 0.717) is 0 Å².